The lowest BCUT2D eigenvalue weighted by Crippen LogP contribution is -2.31. The number of ketones is 1. The van der Waals surface area contributed by atoms with Gasteiger partial charge in [0.15, 0.2) is 5.76 Å². The van der Waals surface area contributed by atoms with Crippen molar-refractivity contribution in [1.29, 1.82) is 0 Å². The van der Waals surface area contributed by atoms with E-state index in [0.29, 0.717) is 21.8 Å². The highest BCUT2D eigenvalue weighted by atomic mass is 32.1. The number of benzene rings is 1. The molecular weight excluding hydrogens is 416 g/mol. The highest BCUT2D eigenvalue weighted by Gasteiger charge is 2.45. The van der Waals surface area contributed by atoms with Gasteiger partial charge in [-0.05, 0) is 54.8 Å². The monoisotopic (exact) mass is 434 g/mol. The zero-order valence-corrected chi connectivity index (χ0v) is 17.3. The molecule has 1 atom stereocenters. The van der Waals surface area contributed by atoms with Gasteiger partial charge in [0.05, 0.1) is 28.3 Å². The Bertz CT molecular complexity index is 1150. The van der Waals surface area contributed by atoms with Crippen molar-refractivity contribution in [2.24, 2.45) is 0 Å². The van der Waals surface area contributed by atoms with E-state index in [1.54, 1.807) is 61.0 Å². The minimum absolute atomic E-state index is 0.0272. The number of anilines is 1. The molecule has 0 unspecified atom stereocenters. The molecule has 1 amide bonds. The zero-order valence-electron chi connectivity index (χ0n) is 16.5. The van der Waals surface area contributed by atoms with Gasteiger partial charge < -0.3 is 9.84 Å². The Kier molecular flexibility index (Phi) is 5.64. The van der Waals surface area contributed by atoms with E-state index in [9.17, 15) is 19.5 Å². The topological polar surface area (TPSA) is 96.8 Å². The zero-order chi connectivity index (χ0) is 22.0. The molecule has 1 aliphatic heterocycles. The number of pyridine rings is 1. The molecule has 1 aliphatic rings. The molecule has 1 N–H and O–H groups in total. The molecule has 0 bridgehead atoms. The van der Waals surface area contributed by atoms with Crippen molar-refractivity contribution in [3.8, 4) is 0 Å². The third-order valence-electron chi connectivity index (χ3n) is 4.82. The first-order chi connectivity index (χ1) is 15.0. The average Bonchev–Trinajstić information content (AvgIpc) is 3.42. The van der Waals surface area contributed by atoms with Crippen molar-refractivity contribution < 1.29 is 24.2 Å². The SMILES string of the molecule is CCOC(=O)c1ccc(N2C(=O)C(O)=C(C(=O)c3cccs3)[C@H]2c2ccccn2)cc1. The first-order valence-electron chi connectivity index (χ1n) is 9.56. The van der Waals surface area contributed by atoms with Crippen LogP contribution >= 0.6 is 11.3 Å². The molecule has 0 radical (unpaired) electrons. The Morgan fingerprint density at radius 2 is 1.90 bits per heavy atom. The molecule has 31 heavy (non-hydrogen) atoms. The molecule has 8 heteroatoms. The maximum Gasteiger partial charge on any atom is 0.338 e. The highest BCUT2D eigenvalue weighted by molar-refractivity contribution is 7.12. The van der Waals surface area contributed by atoms with Gasteiger partial charge in [-0.15, -0.1) is 11.3 Å². The number of Topliss-reactive ketones (excluding diaryl/α,β-unsaturated/α-hetero) is 1. The first-order valence-corrected chi connectivity index (χ1v) is 10.4. The number of rotatable bonds is 6. The lowest BCUT2D eigenvalue weighted by molar-refractivity contribution is -0.117. The van der Waals surface area contributed by atoms with E-state index in [2.05, 4.69) is 4.98 Å². The summed E-state index contributed by atoms with van der Waals surface area (Å²) in [6, 6.07) is 13.9. The summed E-state index contributed by atoms with van der Waals surface area (Å²) in [4.78, 5) is 44.2. The van der Waals surface area contributed by atoms with E-state index < -0.39 is 29.5 Å². The number of hydrogen-bond acceptors (Lipinski definition) is 7. The predicted octanol–water partition coefficient (Wildman–Crippen LogP) is 4.10. The van der Waals surface area contributed by atoms with Gasteiger partial charge in [-0.3, -0.25) is 19.5 Å². The van der Waals surface area contributed by atoms with E-state index in [-0.39, 0.29) is 12.2 Å². The lowest BCUT2D eigenvalue weighted by atomic mass is 9.98. The summed E-state index contributed by atoms with van der Waals surface area (Å²) in [5, 5.41) is 12.4. The smallest absolute Gasteiger partial charge is 0.338 e. The minimum atomic E-state index is -0.906. The van der Waals surface area contributed by atoms with Gasteiger partial charge in [0.25, 0.3) is 5.91 Å². The quantitative estimate of drug-likeness (QED) is 0.463. The fourth-order valence-corrected chi connectivity index (χ4v) is 4.11. The molecule has 0 saturated heterocycles. The van der Waals surface area contributed by atoms with Crippen molar-refractivity contribution in [1.82, 2.24) is 4.98 Å². The Labute approximate surface area is 182 Å². The van der Waals surface area contributed by atoms with Crippen molar-refractivity contribution in [3.63, 3.8) is 0 Å². The van der Waals surface area contributed by atoms with Crippen LogP contribution in [0, 0.1) is 0 Å². The predicted molar refractivity (Wildman–Crippen MR) is 115 cm³/mol. The second-order valence-electron chi connectivity index (χ2n) is 6.67. The average molecular weight is 434 g/mol. The van der Waals surface area contributed by atoms with Crippen LogP contribution in [-0.2, 0) is 9.53 Å². The summed E-state index contributed by atoms with van der Waals surface area (Å²) in [6.45, 7) is 1.96. The molecular formula is C23H18N2O5S. The van der Waals surface area contributed by atoms with E-state index in [4.69, 9.17) is 4.74 Å². The third kappa shape index (κ3) is 3.73. The second-order valence-corrected chi connectivity index (χ2v) is 7.62. The summed E-state index contributed by atoms with van der Waals surface area (Å²) >= 11 is 1.23. The largest absolute Gasteiger partial charge is 0.503 e. The summed E-state index contributed by atoms with van der Waals surface area (Å²) in [7, 11) is 0. The molecule has 0 saturated carbocycles. The molecule has 3 heterocycles. The second kappa shape index (κ2) is 8.53. The number of esters is 1. The number of aliphatic hydroxyl groups is 1. The van der Waals surface area contributed by atoms with Gasteiger partial charge in [-0.2, -0.15) is 0 Å². The Hall–Kier alpha value is -3.78. The summed E-state index contributed by atoms with van der Waals surface area (Å²) < 4.78 is 4.99. The highest BCUT2D eigenvalue weighted by Crippen LogP contribution is 2.41. The summed E-state index contributed by atoms with van der Waals surface area (Å²) in [6.07, 6.45) is 1.56. The van der Waals surface area contributed by atoms with Crippen LogP contribution < -0.4 is 4.90 Å². The molecule has 4 rings (SSSR count). The molecule has 0 fully saturated rings. The number of carbonyl (C=O) groups excluding carboxylic acids is 3. The van der Waals surface area contributed by atoms with Crippen LogP contribution in [0.4, 0.5) is 5.69 Å². The van der Waals surface area contributed by atoms with Crippen LogP contribution in [0.25, 0.3) is 0 Å². The van der Waals surface area contributed by atoms with Crippen molar-refractivity contribution in [2.75, 3.05) is 11.5 Å². The number of carbonyl (C=O) groups is 3. The number of thiophene rings is 1. The molecule has 2 aromatic heterocycles. The number of ether oxygens (including phenoxy) is 1. The van der Waals surface area contributed by atoms with E-state index in [1.165, 1.54) is 28.4 Å². The van der Waals surface area contributed by atoms with Gasteiger partial charge in [0, 0.05) is 11.9 Å². The van der Waals surface area contributed by atoms with Gasteiger partial charge in [-0.25, -0.2) is 4.79 Å². The Morgan fingerprint density at radius 1 is 1.13 bits per heavy atom. The van der Waals surface area contributed by atoms with E-state index >= 15 is 0 Å². The number of aromatic nitrogens is 1. The Morgan fingerprint density at radius 3 is 2.52 bits per heavy atom. The first kappa shape index (κ1) is 20.5. The molecule has 7 nitrogen and oxygen atoms in total. The number of amides is 1. The van der Waals surface area contributed by atoms with Gasteiger partial charge in [0.1, 0.15) is 6.04 Å². The summed E-state index contributed by atoms with van der Waals surface area (Å²) in [5.74, 6) is -2.22. The van der Waals surface area contributed by atoms with Crippen LogP contribution in [0.2, 0.25) is 0 Å². The van der Waals surface area contributed by atoms with Crippen LogP contribution in [0.1, 0.15) is 38.7 Å². The molecule has 0 spiro atoms. The number of hydrogen-bond donors (Lipinski definition) is 1. The standard InChI is InChI=1S/C23H18N2O5S/c1-2-30-23(29)14-8-10-15(11-9-14)25-19(16-6-3-4-12-24-16)18(21(27)22(25)28)20(26)17-7-5-13-31-17/h3-13,19,27H,2H2,1H3/t19-/m1/s1. The van der Waals surface area contributed by atoms with Crippen molar-refractivity contribution >= 4 is 34.7 Å². The van der Waals surface area contributed by atoms with Crippen LogP contribution in [-0.4, -0.2) is 34.4 Å². The molecule has 3 aromatic rings. The fraction of sp³-hybridized carbons (Fsp3) is 0.130. The fourth-order valence-electron chi connectivity index (χ4n) is 3.43. The normalized spacial score (nSPS) is 16.0. The van der Waals surface area contributed by atoms with Gasteiger partial charge in [-0.1, -0.05) is 12.1 Å². The van der Waals surface area contributed by atoms with Gasteiger partial charge >= 0.3 is 5.97 Å². The molecule has 156 valence electrons. The Balaban J connectivity index is 1.78. The van der Waals surface area contributed by atoms with Crippen LogP contribution in [0.3, 0.4) is 0 Å². The van der Waals surface area contributed by atoms with Gasteiger partial charge in [0.2, 0.25) is 5.78 Å². The van der Waals surface area contributed by atoms with Crippen molar-refractivity contribution in [3.05, 3.63) is 93.6 Å². The van der Waals surface area contributed by atoms with E-state index in [0.717, 1.165) is 0 Å². The van der Waals surface area contributed by atoms with E-state index in [1.807, 2.05) is 0 Å². The number of nitrogens with zero attached hydrogens (tertiary/aromatic N) is 2. The minimum Gasteiger partial charge on any atom is -0.503 e. The molecule has 0 aliphatic carbocycles. The lowest BCUT2D eigenvalue weighted by Gasteiger charge is -2.26. The maximum atomic E-state index is 13.2. The van der Waals surface area contributed by atoms with Crippen LogP contribution in [0.15, 0.2) is 77.5 Å². The third-order valence-corrected chi connectivity index (χ3v) is 5.69. The van der Waals surface area contributed by atoms with Crippen molar-refractivity contribution in [2.45, 2.75) is 13.0 Å². The number of aliphatic hydroxyl groups excluding tert-OH is 1. The summed E-state index contributed by atoms with van der Waals surface area (Å²) in [5.41, 5.74) is 1.16. The molecule has 1 aromatic carbocycles. The van der Waals surface area contributed by atoms with Crippen LogP contribution in [0.5, 0.6) is 0 Å². The maximum absolute atomic E-state index is 13.2.